The molecule has 1 aliphatic rings. The van der Waals surface area contributed by atoms with Gasteiger partial charge in [0.25, 0.3) is 5.91 Å². The van der Waals surface area contributed by atoms with Crippen LogP contribution in [0.1, 0.15) is 62.9 Å². The normalized spacial score (nSPS) is 18.3. The molecule has 1 heterocycles. The molecule has 8 nitrogen and oxygen atoms in total. The van der Waals surface area contributed by atoms with Gasteiger partial charge in [0.1, 0.15) is 11.8 Å². The Hall–Kier alpha value is -3.76. The van der Waals surface area contributed by atoms with Gasteiger partial charge in [-0.05, 0) is 74.1 Å². The highest BCUT2D eigenvalue weighted by Gasteiger charge is 2.32. The molecule has 37 heavy (non-hydrogen) atoms. The highest BCUT2D eigenvalue weighted by atomic mass is 19.4. The van der Waals surface area contributed by atoms with Crippen molar-refractivity contribution in [1.82, 2.24) is 14.9 Å². The van der Waals surface area contributed by atoms with Crippen molar-refractivity contribution in [3.63, 3.8) is 0 Å². The van der Waals surface area contributed by atoms with Crippen LogP contribution < -0.4 is 15.4 Å². The first kappa shape index (κ1) is 26.3. The Labute approximate surface area is 211 Å². The summed E-state index contributed by atoms with van der Waals surface area (Å²) in [6, 6.07) is 9.49. The van der Waals surface area contributed by atoms with E-state index in [1.165, 1.54) is 31.2 Å². The van der Waals surface area contributed by atoms with Crippen molar-refractivity contribution >= 4 is 34.5 Å². The number of aliphatic carboxylic acids is 1. The number of carbonyl (C=O) groups excluding carboxylic acids is 1. The minimum Gasteiger partial charge on any atom is -0.480 e. The molecule has 4 rings (SSSR count). The highest BCUT2D eigenvalue weighted by Crippen LogP contribution is 2.43. The standard InChI is InChI=1S/C26H29F3N4O4/c1-15(23(35)36)30-22(34)16-6-11-21-20(13-16)32-24(33(21)18-5-4-12-25(2,3)14-18)31-17-7-9-19(10-8-17)37-26(27,28)29/h6-11,13,15,18H,4-5,12,14H2,1-3H3,(H,30,34)(H,31,32)(H,35,36)/t15-,18+/m1/s1. The first-order valence-electron chi connectivity index (χ1n) is 12.0. The number of carboxylic acid groups (broad SMARTS) is 1. The van der Waals surface area contributed by atoms with Crippen molar-refractivity contribution in [2.45, 2.75) is 64.9 Å². The molecule has 3 N–H and O–H groups in total. The van der Waals surface area contributed by atoms with Crippen LogP contribution in [0.25, 0.3) is 11.0 Å². The zero-order valence-electron chi connectivity index (χ0n) is 20.7. The summed E-state index contributed by atoms with van der Waals surface area (Å²) in [6.07, 6.45) is -0.799. The summed E-state index contributed by atoms with van der Waals surface area (Å²) >= 11 is 0. The Kier molecular flexibility index (Phi) is 7.07. The minimum atomic E-state index is -4.77. The number of anilines is 2. The smallest absolute Gasteiger partial charge is 0.480 e. The number of halogens is 3. The third kappa shape index (κ3) is 6.33. The summed E-state index contributed by atoms with van der Waals surface area (Å²) < 4.78 is 43.6. The van der Waals surface area contributed by atoms with Crippen molar-refractivity contribution in [2.24, 2.45) is 5.41 Å². The van der Waals surface area contributed by atoms with E-state index in [1.54, 1.807) is 18.2 Å². The Balaban J connectivity index is 1.69. The third-order valence-electron chi connectivity index (χ3n) is 6.56. The van der Waals surface area contributed by atoms with Gasteiger partial charge in [0.05, 0.1) is 11.0 Å². The van der Waals surface area contributed by atoms with Crippen LogP contribution in [0.5, 0.6) is 5.75 Å². The predicted molar refractivity (Wildman–Crippen MR) is 132 cm³/mol. The molecule has 2 atom stereocenters. The number of carboxylic acids is 1. The summed E-state index contributed by atoms with van der Waals surface area (Å²) in [6.45, 7) is 5.82. The monoisotopic (exact) mass is 518 g/mol. The lowest BCUT2D eigenvalue weighted by molar-refractivity contribution is -0.274. The van der Waals surface area contributed by atoms with Crippen LogP contribution in [0.2, 0.25) is 0 Å². The molecule has 0 aliphatic heterocycles. The molecule has 11 heteroatoms. The van der Waals surface area contributed by atoms with Crippen LogP contribution in [0, 0.1) is 5.41 Å². The molecule has 0 radical (unpaired) electrons. The zero-order chi connectivity index (χ0) is 27.0. The van der Waals surface area contributed by atoms with Crippen LogP contribution in [0.3, 0.4) is 0 Å². The maximum Gasteiger partial charge on any atom is 0.573 e. The molecule has 0 saturated heterocycles. The summed E-state index contributed by atoms with van der Waals surface area (Å²) in [4.78, 5) is 28.4. The number of rotatable bonds is 7. The maximum absolute atomic E-state index is 12.6. The zero-order valence-corrected chi connectivity index (χ0v) is 20.7. The van der Waals surface area contributed by atoms with Crippen LogP contribution in [-0.4, -0.2) is 38.9 Å². The highest BCUT2D eigenvalue weighted by molar-refractivity contribution is 5.99. The van der Waals surface area contributed by atoms with Gasteiger partial charge in [0.15, 0.2) is 0 Å². The fourth-order valence-corrected chi connectivity index (χ4v) is 4.79. The van der Waals surface area contributed by atoms with Crippen LogP contribution >= 0.6 is 0 Å². The molecule has 3 aromatic rings. The SMILES string of the molecule is C[C@@H](NC(=O)c1ccc2c(c1)nc(Nc1ccc(OC(F)(F)F)cc1)n2[C@H]1CCCC(C)(C)C1)C(=O)O. The third-order valence-corrected chi connectivity index (χ3v) is 6.56. The fraction of sp³-hybridized carbons (Fsp3) is 0.423. The number of imidazole rings is 1. The Morgan fingerprint density at radius 1 is 1.19 bits per heavy atom. The average Bonchev–Trinajstić information content (AvgIpc) is 3.15. The molecule has 0 spiro atoms. The van der Waals surface area contributed by atoms with Gasteiger partial charge in [-0.2, -0.15) is 0 Å². The van der Waals surface area contributed by atoms with Gasteiger partial charge in [0.2, 0.25) is 5.95 Å². The van der Waals surface area contributed by atoms with Gasteiger partial charge < -0.3 is 25.0 Å². The number of nitrogens with zero attached hydrogens (tertiary/aromatic N) is 2. The minimum absolute atomic E-state index is 0.121. The lowest BCUT2D eigenvalue weighted by atomic mass is 9.75. The quantitative estimate of drug-likeness (QED) is 0.353. The molecule has 1 saturated carbocycles. The van der Waals surface area contributed by atoms with Crippen molar-refractivity contribution < 1.29 is 32.6 Å². The van der Waals surface area contributed by atoms with E-state index in [0.29, 0.717) is 17.2 Å². The Bertz CT molecular complexity index is 1300. The van der Waals surface area contributed by atoms with Crippen LogP contribution in [-0.2, 0) is 4.79 Å². The van der Waals surface area contributed by atoms with Gasteiger partial charge in [0, 0.05) is 17.3 Å². The van der Waals surface area contributed by atoms with Gasteiger partial charge in [-0.1, -0.05) is 20.3 Å². The van der Waals surface area contributed by atoms with E-state index in [4.69, 9.17) is 10.1 Å². The fourth-order valence-electron chi connectivity index (χ4n) is 4.79. The second-order valence-corrected chi connectivity index (χ2v) is 10.2. The van der Waals surface area contributed by atoms with Gasteiger partial charge in [-0.25, -0.2) is 4.98 Å². The van der Waals surface area contributed by atoms with E-state index in [1.807, 2.05) is 0 Å². The number of alkyl halides is 3. The van der Waals surface area contributed by atoms with Crippen molar-refractivity contribution in [3.8, 4) is 5.75 Å². The topological polar surface area (TPSA) is 105 Å². The number of hydrogen-bond donors (Lipinski definition) is 3. The number of carbonyl (C=O) groups is 2. The second-order valence-electron chi connectivity index (χ2n) is 10.2. The largest absolute Gasteiger partial charge is 0.573 e. The number of amides is 1. The molecule has 0 bridgehead atoms. The van der Waals surface area contributed by atoms with Crippen LogP contribution in [0.4, 0.5) is 24.8 Å². The van der Waals surface area contributed by atoms with E-state index < -0.39 is 24.3 Å². The van der Waals surface area contributed by atoms with E-state index in [9.17, 15) is 22.8 Å². The van der Waals surface area contributed by atoms with E-state index >= 15 is 0 Å². The first-order chi connectivity index (χ1) is 17.3. The molecule has 1 aliphatic carbocycles. The lowest BCUT2D eigenvalue weighted by Crippen LogP contribution is -2.38. The van der Waals surface area contributed by atoms with Gasteiger partial charge >= 0.3 is 12.3 Å². The average molecular weight is 519 g/mol. The maximum atomic E-state index is 12.6. The number of hydrogen-bond acceptors (Lipinski definition) is 5. The molecular formula is C26H29F3N4O4. The number of ether oxygens (including phenoxy) is 1. The van der Waals surface area contributed by atoms with E-state index in [2.05, 4.69) is 33.8 Å². The van der Waals surface area contributed by atoms with E-state index in [-0.39, 0.29) is 22.8 Å². The van der Waals surface area contributed by atoms with Crippen molar-refractivity contribution in [3.05, 3.63) is 48.0 Å². The molecule has 1 fully saturated rings. The number of aromatic nitrogens is 2. The number of benzene rings is 2. The molecule has 0 unspecified atom stereocenters. The summed E-state index contributed by atoms with van der Waals surface area (Å²) in [7, 11) is 0. The molecular weight excluding hydrogens is 489 g/mol. The van der Waals surface area contributed by atoms with Crippen molar-refractivity contribution in [2.75, 3.05) is 5.32 Å². The van der Waals surface area contributed by atoms with E-state index in [0.717, 1.165) is 31.2 Å². The van der Waals surface area contributed by atoms with Gasteiger partial charge in [-0.3, -0.25) is 9.59 Å². The molecule has 1 aromatic heterocycles. The predicted octanol–water partition coefficient (Wildman–Crippen LogP) is 6.02. The number of nitrogens with one attached hydrogen (secondary N) is 2. The molecule has 2 aromatic carbocycles. The summed E-state index contributed by atoms with van der Waals surface area (Å²) in [5.74, 6) is -1.50. The molecule has 198 valence electrons. The first-order valence-corrected chi connectivity index (χ1v) is 12.0. The second kappa shape index (κ2) is 9.95. The molecule has 1 amide bonds. The summed E-state index contributed by atoms with van der Waals surface area (Å²) in [5.41, 5.74) is 2.26. The number of fused-ring (bicyclic) bond motifs is 1. The Morgan fingerprint density at radius 2 is 1.89 bits per heavy atom. The van der Waals surface area contributed by atoms with Gasteiger partial charge in [-0.15, -0.1) is 13.2 Å². The summed E-state index contributed by atoms with van der Waals surface area (Å²) in [5, 5.41) is 14.7. The lowest BCUT2D eigenvalue weighted by Gasteiger charge is -2.36. The Morgan fingerprint density at radius 3 is 2.51 bits per heavy atom. The van der Waals surface area contributed by atoms with Crippen LogP contribution in [0.15, 0.2) is 42.5 Å². The van der Waals surface area contributed by atoms with Crippen molar-refractivity contribution in [1.29, 1.82) is 0 Å².